The number of fused-ring (bicyclic) bond motifs is 3. The highest BCUT2D eigenvalue weighted by molar-refractivity contribution is 7.20. The molecule has 0 saturated heterocycles. The number of hydrogen-bond donors (Lipinski definition) is 0. The van der Waals surface area contributed by atoms with Crippen LogP contribution >= 0.6 is 0 Å². The molecule has 5 aromatic carbocycles. The molecule has 0 saturated carbocycles. The van der Waals surface area contributed by atoms with Crippen molar-refractivity contribution in [3.8, 4) is 17.6 Å². The molecule has 0 bridgehead atoms. The molecule has 0 amide bonds. The minimum Gasteiger partial charge on any atom is -0.294 e. The number of nitriles is 1. The van der Waals surface area contributed by atoms with Crippen LogP contribution in [0.15, 0.2) is 140 Å². The number of rotatable bonds is 6. The predicted octanol–water partition coefficient (Wildman–Crippen LogP) is 6.92. The number of aryl methyl sites for hydroxylation is 2. The summed E-state index contributed by atoms with van der Waals surface area (Å²) in [7, 11) is -2.97. The largest absolute Gasteiger partial charge is 0.294 e. The lowest BCUT2D eigenvalue weighted by Crippen LogP contribution is -2.74. The summed E-state index contributed by atoms with van der Waals surface area (Å²) in [6.07, 6.45) is 1.91. The Balaban J connectivity index is 1.49. The molecule has 0 unspecified atom stereocenters. The number of hydrogen-bond acceptors (Lipinski definition) is 4. The number of pyridine rings is 1. The Bertz CT molecular complexity index is 2570. The molecule has 6 nitrogen and oxygen atoms in total. The van der Waals surface area contributed by atoms with Crippen molar-refractivity contribution in [1.82, 2.24) is 24.3 Å². The smallest absolute Gasteiger partial charge is 0.179 e. The lowest BCUT2D eigenvalue weighted by molar-refractivity contribution is 0.588. The first-order chi connectivity index (χ1) is 24.7. The molecular formula is C44H38N6Si. The van der Waals surface area contributed by atoms with Crippen molar-refractivity contribution in [3.63, 3.8) is 0 Å². The van der Waals surface area contributed by atoms with Crippen LogP contribution in [-0.4, -0.2) is 32.4 Å². The van der Waals surface area contributed by atoms with Gasteiger partial charge in [-0.2, -0.15) is 10.4 Å². The van der Waals surface area contributed by atoms with Crippen LogP contribution in [-0.2, 0) is 5.41 Å². The lowest BCUT2D eigenvalue weighted by atomic mass is 9.88. The van der Waals surface area contributed by atoms with Gasteiger partial charge in [-0.15, -0.1) is 0 Å². The van der Waals surface area contributed by atoms with E-state index in [2.05, 4.69) is 158 Å². The monoisotopic (exact) mass is 678 g/mol. The van der Waals surface area contributed by atoms with Crippen LogP contribution in [0.3, 0.4) is 0 Å². The fourth-order valence-electron chi connectivity index (χ4n) is 7.59. The zero-order valence-electron chi connectivity index (χ0n) is 29.5. The van der Waals surface area contributed by atoms with E-state index >= 15 is 0 Å². The van der Waals surface area contributed by atoms with Crippen molar-refractivity contribution in [2.75, 3.05) is 0 Å². The van der Waals surface area contributed by atoms with Crippen molar-refractivity contribution in [2.45, 2.75) is 40.0 Å². The van der Waals surface area contributed by atoms with Gasteiger partial charge in [0.2, 0.25) is 0 Å². The minimum atomic E-state index is -2.97. The third-order valence-corrected chi connectivity index (χ3v) is 14.7. The summed E-state index contributed by atoms with van der Waals surface area (Å²) in [5, 5.41) is 21.8. The fourth-order valence-corrected chi connectivity index (χ4v) is 12.4. The van der Waals surface area contributed by atoms with E-state index in [1.807, 2.05) is 36.9 Å². The Labute approximate surface area is 299 Å². The second-order valence-electron chi connectivity index (χ2n) is 14.2. The van der Waals surface area contributed by atoms with Crippen molar-refractivity contribution < 1.29 is 0 Å². The summed E-state index contributed by atoms with van der Waals surface area (Å²) in [6, 6.07) is 50.3. The van der Waals surface area contributed by atoms with E-state index in [0.29, 0.717) is 5.56 Å². The van der Waals surface area contributed by atoms with Crippen molar-refractivity contribution in [3.05, 3.63) is 162 Å². The second-order valence-corrected chi connectivity index (χ2v) is 18.0. The van der Waals surface area contributed by atoms with E-state index in [0.717, 1.165) is 45.0 Å². The van der Waals surface area contributed by atoms with Crippen molar-refractivity contribution in [1.29, 1.82) is 5.26 Å². The first-order valence-corrected chi connectivity index (χ1v) is 19.3. The molecule has 51 heavy (non-hydrogen) atoms. The van der Waals surface area contributed by atoms with E-state index in [1.165, 1.54) is 26.3 Å². The maximum absolute atomic E-state index is 9.90. The van der Waals surface area contributed by atoms with Gasteiger partial charge in [0.15, 0.2) is 8.07 Å². The van der Waals surface area contributed by atoms with E-state index in [4.69, 9.17) is 10.1 Å². The molecule has 0 aliphatic carbocycles. The molecule has 0 atom stereocenters. The summed E-state index contributed by atoms with van der Waals surface area (Å²) in [5.41, 5.74) is 4.85. The summed E-state index contributed by atoms with van der Waals surface area (Å²) in [6.45, 7) is 10.6. The van der Waals surface area contributed by atoms with Crippen LogP contribution < -0.4 is 20.7 Å². The molecule has 0 fully saturated rings. The van der Waals surface area contributed by atoms with Gasteiger partial charge in [0.1, 0.15) is 17.5 Å². The van der Waals surface area contributed by atoms with Crippen molar-refractivity contribution >= 4 is 50.6 Å². The van der Waals surface area contributed by atoms with Gasteiger partial charge in [0.05, 0.1) is 28.4 Å². The quantitative estimate of drug-likeness (QED) is 0.141. The Kier molecular flexibility index (Phi) is 7.77. The minimum absolute atomic E-state index is 0.0513. The normalized spacial score (nSPS) is 12.0. The van der Waals surface area contributed by atoms with Gasteiger partial charge in [0.25, 0.3) is 0 Å². The van der Waals surface area contributed by atoms with Crippen LogP contribution in [0, 0.1) is 25.2 Å². The highest BCUT2D eigenvalue weighted by atomic mass is 28.3. The fraction of sp³-hybridized carbons (Fsp3) is 0.136. The maximum Gasteiger partial charge on any atom is 0.179 e. The van der Waals surface area contributed by atoms with E-state index in [1.54, 1.807) is 0 Å². The molecule has 3 aromatic heterocycles. The predicted molar refractivity (Wildman–Crippen MR) is 210 cm³/mol. The summed E-state index contributed by atoms with van der Waals surface area (Å²) in [4.78, 5) is 9.57. The van der Waals surface area contributed by atoms with E-state index < -0.39 is 8.07 Å². The lowest BCUT2D eigenvalue weighted by Gasteiger charge is -2.34. The average Bonchev–Trinajstić information content (AvgIpc) is 3.67. The van der Waals surface area contributed by atoms with Crippen LogP contribution in [0.4, 0.5) is 0 Å². The Hall–Kier alpha value is -6.10. The highest BCUT2D eigenvalue weighted by Gasteiger charge is 2.42. The Morgan fingerprint density at radius 1 is 0.647 bits per heavy atom. The van der Waals surface area contributed by atoms with Crippen LogP contribution in [0.25, 0.3) is 33.3 Å². The number of aromatic nitrogens is 5. The van der Waals surface area contributed by atoms with Gasteiger partial charge in [-0.1, -0.05) is 106 Å². The van der Waals surface area contributed by atoms with Gasteiger partial charge in [0, 0.05) is 17.0 Å². The molecule has 0 spiro atoms. The molecule has 7 heteroatoms. The molecular weight excluding hydrogens is 641 g/mol. The van der Waals surface area contributed by atoms with Gasteiger partial charge >= 0.3 is 0 Å². The van der Waals surface area contributed by atoms with Gasteiger partial charge in [-0.3, -0.25) is 4.57 Å². The van der Waals surface area contributed by atoms with Crippen LogP contribution in [0.5, 0.6) is 0 Å². The Morgan fingerprint density at radius 2 is 1.33 bits per heavy atom. The van der Waals surface area contributed by atoms with Crippen LogP contribution in [0.2, 0.25) is 0 Å². The summed E-state index contributed by atoms with van der Waals surface area (Å²) in [5.74, 6) is 2.45. The van der Waals surface area contributed by atoms with Gasteiger partial charge in [-0.05, 0) is 94.1 Å². The van der Waals surface area contributed by atoms with Gasteiger partial charge in [-0.25, -0.2) is 14.6 Å². The highest BCUT2D eigenvalue weighted by Crippen LogP contribution is 2.33. The third kappa shape index (κ3) is 5.36. The average molecular weight is 679 g/mol. The maximum atomic E-state index is 9.90. The molecule has 0 aliphatic rings. The molecule has 0 N–H and O–H groups in total. The summed E-state index contributed by atoms with van der Waals surface area (Å²) < 4.78 is 4.22. The standard InChI is InChI=1S/C44H38N6Si/c1-30-47-31(2)50(48-30)34-13-12-18-37(27-34)51(35-14-8-6-9-15-35,36-16-10-7-11-17-36)38-20-21-39-40-25-32(29-45)19-22-41(40)49(42(39)28-38)43-26-33(23-24-46-43)44(3,4)5/h6-28H,1-5H3. The molecule has 8 aromatic rings. The van der Waals surface area contributed by atoms with Gasteiger partial charge < -0.3 is 0 Å². The third-order valence-electron chi connectivity index (χ3n) is 9.98. The first-order valence-electron chi connectivity index (χ1n) is 17.3. The Morgan fingerprint density at radius 3 is 1.98 bits per heavy atom. The molecule has 3 heterocycles. The molecule has 0 radical (unpaired) electrons. The molecule has 8 rings (SSSR count). The zero-order chi connectivity index (χ0) is 35.3. The first kappa shape index (κ1) is 32.1. The van der Waals surface area contributed by atoms with E-state index in [-0.39, 0.29) is 5.41 Å². The topological polar surface area (TPSA) is 72.3 Å². The molecule has 248 valence electrons. The van der Waals surface area contributed by atoms with Crippen molar-refractivity contribution in [2.24, 2.45) is 0 Å². The SMILES string of the molecule is Cc1nc(C)n(-c2cccc([Si](c3ccccc3)(c3ccccc3)c3ccc4c5cc(C#N)ccc5n(-c5cc(C(C)(C)C)ccn5)c4c3)c2)n1. The summed E-state index contributed by atoms with van der Waals surface area (Å²) >= 11 is 0. The van der Waals surface area contributed by atoms with Crippen LogP contribution in [0.1, 0.15) is 43.5 Å². The second kappa shape index (κ2) is 12.3. The molecule has 0 aliphatic heterocycles. The number of nitrogens with zero attached hydrogens (tertiary/aromatic N) is 6. The van der Waals surface area contributed by atoms with E-state index in [9.17, 15) is 5.26 Å². The number of benzene rings is 5. The zero-order valence-corrected chi connectivity index (χ0v) is 30.5.